The van der Waals surface area contributed by atoms with Crippen molar-refractivity contribution in [2.75, 3.05) is 33.4 Å². The standard InChI is InChI=1S/C28H29NO3/c1-4-29(5-2)18-19-32-25-17-15-21-11-7-9-13-23(21)27(25)28(30)26-22-12-8-6-10-20(22)14-16-24(26)31-3/h6-17H,4-5,18-19H2,1-3H3. The lowest BCUT2D eigenvalue weighted by atomic mass is 9.92. The van der Waals surface area contributed by atoms with Crippen molar-refractivity contribution in [1.29, 1.82) is 0 Å². The Balaban J connectivity index is 1.84. The van der Waals surface area contributed by atoms with Gasteiger partial charge in [-0.1, -0.05) is 74.5 Å². The minimum Gasteiger partial charge on any atom is -0.496 e. The predicted molar refractivity (Wildman–Crippen MR) is 131 cm³/mol. The Hall–Kier alpha value is -3.37. The molecule has 0 saturated heterocycles. The average molecular weight is 428 g/mol. The highest BCUT2D eigenvalue weighted by molar-refractivity contribution is 6.24. The van der Waals surface area contributed by atoms with E-state index in [-0.39, 0.29) is 5.78 Å². The highest BCUT2D eigenvalue weighted by atomic mass is 16.5. The summed E-state index contributed by atoms with van der Waals surface area (Å²) in [6.45, 7) is 7.55. The van der Waals surface area contributed by atoms with Crippen LogP contribution in [0.2, 0.25) is 0 Å². The number of carbonyl (C=O) groups is 1. The second kappa shape index (κ2) is 9.84. The molecule has 4 rings (SSSR count). The van der Waals surface area contributed by atoms with E-state index in [9.17, 15) is 4.79 Å². The quantitative estimate of drug-likeness (QED) is 0.309. The molecule has 0 spiro atoms. The lowest BCUT2D eigenvalue weighted by Crippen LogP contribution is -2.28. The van der Waals surface area contributed by atoms with Crippen molar-refractivity contribution in [2.45, 2.75) is 13.8 Å². The van der Waals surface area contributed by atoms with Crippen LogP contribution < -0.4 is 9.47 Å². The van der Waals surface area contributed by atoms with Gasteiger partial charge in [0, 0.05) is 6.54 Å². The lowest BCUT2D eigenvalue weighted by Gasteiger charge is -2.20. The number of methoxy groups -OCH3 is 1. The Morgan fingerprint density at radius 2 is 1.28 bits per heavy atom. The molecule has 0 heterocycles. The van der Waals surface area contributed by atoms with E-state index < -0.39 is 0 Å². The van der Waals surface area contributed by atoms with Gasteiger partial charge in [-0.15, -0.1) is 0 Å². The summed E-state index contributed by atoms with van der Waals surface area (Å²) in [5, 5.41) is 3.76. The third-order valence-corrected chi connectivity index (χ3v) is 6.02. The van der Waals surface area contributed by atoms with E-state index in [0.717, 1.165) is 41.2 Å². The fraction of sp³-hybridized carbons (Fsp3) is 0.250. The number of rotatable bonds is 9. The number of fused-ring (bicyclic) bond motifs is 2. The predicted octanol–water partition coefficient (Wildman–Crippen LogP) is 5.95. The summed E-state index contributed by atoms with van der Waals surface area (Å²) in [4.78, 5) is 16.4. The summed E-state index contributed by atoms with van der Waals surface area (Å²) in [7, 11) is 1.60. The molecule has 0 aliphatic rings. The summed E-state index contributed by atoms with van der Waals surface area (Å²) in [6, 6.07) is 23.6. The zero-order valence-corrected chi connectivity index (χ0v) is 18.9. The van der Waals surface area contributed by atoms with Gasteiger partial charge in [0.2, 0.25) is 5.78 Å². The van der Waals surface area contributed by atoms with Crippen molar-refractivity contribution in [3.05, 3.63) is 83.9 Å². The molecule has 32 heavy (non-hydrogen) atoms. The Bertz CT molecular complexity index is 1240. The first kappa shape index (κ1) is 21.8. The Labute approximate surface area is 189 Å². The number of nitrogens with zero attached hydrogens (tertiary/aromatic N) is 1. The summed E-state index contributed by atoms with van der Waals surface area (Å²) < 4.78 is 11.8. The molecule has 0 radical (unpaired) electrons. The first-order valence-electron chi connectivity index (χ1n) is 11.1. The molecule has 0 N–H and O–H groups in total. The maximum Gasteiger partial charge on any atom is 0.201 e. The summed E-state index contributed by atoms with van der Waals surface area (Å²) in [6.07, 6.45) is 0. The van der Waals surface area contributed by atoms with Crippen molar-refractivity contribution < 1.29 is 14.3 Å². The van der Waals surface area contributed by atoms with Gasteiger partial charge >= 0.3 is 0 Å². The fourth-order valence-corrected chi connectivity index (χ4v) is 4.21. The third-order valence-electron chi connectivity index (χ3n) is 6.02. The van der Waals surface area contributed by atoms with Crippen LogP contribution >= 0.6 is 0 Å². The largest absolute Gasteiger partial charge is 0.496 e. The Kier molecular flexibility index (Phi) is 6.72. The number of likely N-dealkylation sites (N-methyl/N-ethyl adjacent to an activating group) is 1. The summed E-state index contributed by atoms with van der Waals surface area (Å²) in [5.41, 5.74) is 1.15. The smallest absolute Gasteiger partial charge is 0.201 e. The van der Waals surface area contributed by atoms with Crippen LogP contribution in [0.5, 0.6) is 11.5 Å². The molecule has 4 aromatic carbocycles. The number of hydrogen-bond acceptors (Lipinski definition) is 4. The summed E-state index contributed by atoms with van der Waals surface area (Å²) in [5.74, 6) is 1.08. The van der Waals surface area contributed by atoms with Crippen LogP contribution in [0, 0.1) is 0 Å². The van der Waals surface area contributed by atoms with E-state index in [4.69, 9.17) is 9.47 Å². The number of carbonyl (C=O) groups excluding carboxylic acids is 1. The van der Waals surface area contributed by atoms with Gasteiger partial charge in [0.15, 0.2) is 0 Å². The molecule has 164 valence electrons. The monoisotopic (exact) mass is 427 g/mol. The number of hydrogen-bond donors (Lipinski definition) is 0. The Morgan fingerprint density at radius 1 is 0.750 bits per heavy atom. The topological polar surface area (TPSA) is 38.8 Å². The molecule has 4 nitrogen and oxygen atoms in total. The van der Waals surface area contributed by atoms with E-state index in [2.05, 4.69) is 18.7 Å². The maximum atomic E-state index is 14.1. The molecular formula is C28H29NO3. The van der Waals surface area contributed by atoms with Gasteiger partial charge in [0.25, 0.3) is 0 Å². The van der Waals surface area contributed by atoms with Crippen molar-refractivity contribution in [2.24, 2.45) is 0 Å². The van der Waals surface area contributed by atoms with Crippen LogP contribution in [0.15, 0.2) is 72.8 Å². The van der Waals surface area contributed by atoms with Crippen LogP contribution in [0.3, 0.4) is 0 Å². The third kappa shape index (κ3) is 4.19. The van der Waals surface area contributed by atoms with Crippen LogP contribution in [-0.2, 0) is 0 Å². The van der Waals surface area contributed by atoms with Gasteiger partial charge in [0.1, 0.15) is 18.1 Å². The molecule has 0 aromatic heterocycles. The Morgan fingerprint density at radius 3 is 1.84 bits per heavy atom. The molecule has 0 unspecified atom stereocenters. The average Bonchev–Trinajstić information content (AvgIpc) is 2.85. The first-order chi connectivity index (χ1) is 15.7. The van der Waals surface area contributed by atoms with E-state index in [1.807, 2.05) is 72.8 Å². The maximum absolute atomic E-state index is 14.1. The number of ketones is 1. The molecule has 0 amide bonds. The zero-order valence-electron chi connectivity index (χ0n) is 18.9. The molecule has 0 aliphatic carbocycles. The molecule has 0 bridgehead atoms. The first-order valence-corrected chi connectivity index (χ1v) is 11.1. The number of ether oxygens (including phenoxy) is 2. The van der Waals surface area contributed by atoms with Gasteiger partial charge < -0.3 is 14.4 Å². The molecular weight excluding hydrogens is 398 g/mol. The molecule has 4 aromatic rings. The van der Waals surface area contributed by atoms with Crippen molar-refractivity contribution in [1.82, 2.24) is 4.90 Å². The lowest BCUT2D eigenvalue weighted by molar-refractivity contribution is 0.103. The minimum atomic E-state index is -0.0895. The normalized spacial score (nSPS) is 11.2. The van der Waals surface area contributed by atoms with Crippen LogP contribution in [-0.4, -0.2) is 44.0 Å². The van der Waals surface area contributed by atoms with Crippen molar-refractivity contribution >= 4 is 27.3 Å². The van der Waals surface area contributed by atoms with E-state index in [0.29, 0.717) is 29.2 Å². The molecule has 0 aliphatic heterocycles. The molecule has 0 fully saturated rings. The van der Waals surface area contributed by atoms with E-state index in [1.54, 1.807) is 7.11 Å². The second-order valence-electron chi connectivity index (χ2n) is 7.73. The molecule has 0 saturated carbocycles. The van der Waals surface area contributed by atoms with Crippen LogP contribution in [0.1, 0.15) is 29.8 Å². The SMILES string of the molecule is CCN(CC)CCOc1ccc2ccccc2c1C(=O)c1c(OC)ccc2ccccc12. The fourth-order valence-electron chi connectivity index (χ4n) is 4.21. The van der Waals surface area contributed by atoms with Gasteiger partial charge in [-0.25, -0.2) is 0 Å². The van der Waals surface area contributed by atoms with E-state index >= 15 is 0 Å². The zero-order chi connectivity index (χ0) is 22.5. The highest BCUT2D eigenvalue weighted by Gasteiger charge is 2.23. The van der Waals surface area contributed by atoms with Crippen LogP contribution in [0.4, 0.5) is 0 Å². The van der Waals surface area contributed by atoms with Gasteiger partial charge in [-0.3, -0.25) is 4.79 Å². The van der Waals surface area contributed by atoms with E-state index in [1.165, 1.54) is 0 Å². The highest BCUT2D eigenvalue weighted by Crippen LogP contribution is 2.36. The van der Waals surface area contributed by atoms with Crippen molar-refractivity contribution in [3.63, 3.8) is 0 Å². The van der Waals surface area contributed by atoms with Gasteiger partial charge in [-0.05, 0) is 46.8 Å². The van der Waals surface area contributed by atoms with Crippen LogP contribution in [0.25, 0.3) is 21.5 Å². The van der Waals surface area contributed by atoms with Gasteiger partial charge in [0.05, 0.1) is 18.2 Å². The second-order valence-corrected chi connectivity index (χ2v) is 7.73. The molecule has 4 heteroatoms. The molecule has 0 atom stereocenters. The summed E-state index contributed by atoms with van der Waals surface area (Å²) >= 11 is 0. The van der Waals surface area contributed by atoms with Gasteiger partial charge in [-0.2, -0.15) is 0 Å². The van der Waals surface area contributed by atoms with Crippen molar-refractivity contribution in [3.8, 4) is 11.5 Å². The number of benzene rings is 4. The minimum absolute atomic E-state index is 0.0895.